The first-order chi connectivity index (χ1) is 35.6. The Kier molecular flexibility index (Phi) is 38.5. The van der Waals surface area contributed by atoms with Crippen LogP contribution in [0.1, 0.15) is 181 Å². The summed E-state index contributed by atoms with van der Waals surface area (Å²) in [6, 6.07) is 9.81. The zero-order valence-electron chi connectivity index (χ0n) is 50.2. The average molecular weight is 1090 g/mol. The largest absolute Gasteiger partial charge is 0.466 e. The zero-order valence-corrected chi connectivity index (χ0v) is 51.0. The minimum atomic E-state index is -1.83. The molecule has 0 aromatic heterocycles. The molecule has 0 bridgehead atoms. The first-order valence-electron chi connectivity index (χ1n) is 28.9. The molecule has 440 valence electrons. The van der Waals surface area contributed by atoms with Crippen LogP contribution >= 0.6 is 12.2 Å². The Bertz CT molecular complexity index is 1610. The van der Waals surface area contributed by atoms with Crippen molar-refractivity contribution in [3.63, 3.8) is 0 Å². The second kappa shape index (κ2) is 39.8. The first-order valence-corrected chi connectivity index (χ1v) is 29.4. The molecule has 0 saturated carbocycles. The summed E-state index contributed by atoms with van der Waals surface area (Å²) in [5.74, 6) is -1.31. The Labute approximate surface area is 461 Å². The summed E-state index contributed by atoms with van der Waals surface area (Å²) in [5.41, 5.74) is -0.564. The number of carbonyl (C=O) groups excluding carboxylic acids is 2. The predicted octanol–water partition coefficient (Wildman–Crippen LogP) is 9.72. The van der Waals surface area contributed by atoms with Crippen molar-refractivity contribution in [1.82, 2.24) is 15.1 Å². The molecule has 8 unspecified atom stereocenters. The van der Waals surface area contributed by atoms with Crippen molar-refractivity contribution in [2.45, 2.75) is 249 Å². The van der Waals surface area contributed by atoms with Gasteiger partial charge in [0.1, 0.15) is 17.8 Å². The lowest BCUT2D eigenvalue weighted by molar-refractivity contribution is -0.273. The number of ether oxygens (including phenoxy) is 6. The number of hydrogen-bond donors (Lipinski definition) is 5. The summed E-state index contributed by atoms with van der Waals surface area (Å²) in [6.07, 6.45) is 1.62. The Balaban J connectivity index is 0.00000879. The number of benzene rings is 1. The minimum absolute atomic E-state index is 0.0717. The highest BCUT2D eigenvalue weighted by molar-refractivity contribution is 7.80. The number of nitrogens with one attached hydrogen (secondary N) is 1. The maximum absolute atomic E-state index is 14.4. The van der Waals surface area contributed by atoms with Gasteiger partial charge in [-0.25, -0.2) is 0 Å². The van der Waals surface area contributed by atoms with Crippen molar-refractivity contribution in [1.29, 1.82) is 0 Å². The lowest BCUT2D eigenvalue weighted by Gasteiger charge is -2.44. The molecule has 75 heavy (non-hydrogen) atoms. The van der Waals surface area contributed by atoms with Crippen molar-refractivity contribution in [2.75, 3.05) is 46.4 Å². The zero-order chi connectivity index (χ0) is 57.4. The van der Waals surface area contributed by atoms with E-state index in [0.29, 0.717) is 69.1 Å². The van der Waals surface area contributed by atoms with Crippen LogP contribution in [0.3, 0.4) is 0 Å². The smallest absolute Gasteiger partial charge is 0.311 e. The summed E-state index contributed by atoms with van der Waals surface area (Å²) in [6.45, 7) is 36.4. The highest BCUT2D eigenvalue weighted by atomic mass is 32.1. The molecule has 1 aromatic rings. The van der Waals surface area contributed by atoms with E-state index in [-0.39, 0.29) is 49.1 Å². The van der Waals surface area contributed by atoms with Gasteiger partial charge in [0, 0.05) is 64.6 Å². The van der Waals surface area contributed by atoms with E-state index >= 15 is 0 Å². The van der Waals surface area contributed by atoms with Gasteiger partial charge in [-0.05, 0) is 123 Å². The Morgan fingerprint density at radius 1 is 0.880 bits per heavy atom. The third-order valence-corrected chi connectivity index (χ3v) is 15.0. The molecule has 0 radical (unpaired) electrons. The van der Waals surface area contributed by atoms with Gasteiger partial charge >= 0.3 is 11.9 Å². The van der Waals surface area contributed by atoms with Crippen LogP contribution in [0, 0.1) is 29.6 Å². The van der Waals surface area contributed by atoms with Crippen LogP contribution in [0.2, 0.25) is 0 Å². The Morgan fingerprint density at radius 2 is 1.51 bits per heavy atom. The summed E-state index contributed by atoms with van der Waals surface area (Å²) >= 11 is 5.88. The van der Waals surface area contributed by atoms with Crippen LogP contribution in [-0.2, 0) is 44.4 Å². The molecule has 0 aliphatic carbocycles. The molecule has 2 aliphatic heterocycles. The summed E-state index contributed by atoms with van der Waals surface area (Å²) in [5, 5.41) is 46.1. The van der Waals surface area contributed by atoms with Crippen LogP contribution in [-0.4, -0.2) is 161 Å². The number of aryl methyl sites for hydroxylation is 1. The van der Waals surface area contributed by atoms with Crippen molar-refractivity contribution in [3.05, 3.63) is 35.9 Å². The molecule has 5 N–H and O–H groups in total. The second-order valence-electron chi connectivity index (χ2n) is 20.9. The molecule has 16 atom stereocenters. The van der Waals surface area contributed by atoms with E-state index in [0.717, 1.165) is 45.6 Å². The molecule has 1 aromatic carbocycles. The highest BCUT2D eigenvalue weighted by Gasteiger charge is 2.47. The first kappa shape index (κ1) is 72.5. The number of esters is 2. The van der Waals surface area contributed by atoms with Crippen molar-refractivity contribution < 1.29 is 58.4 Å². The van der Waals surface area contributed by atoms with Gasteiger partial charge in [-0.2, -0.15) is 0 Å². The van der Waals surface area contributed by atoms with E-state index in [1.54, 1.807) is 20.8 Å². The van der Waals surface area contributed by atoms with Gasteiger partial charge in [0.15, 0.2) is 17.7 Å². The molecule has 2 fully saturated rings. The third-order valence-electron chi connectivity index (χ3n) is 14.6. The Morgan fingerprint density at radius 3 is 2.08 bits per heavy atom. The van der Waals surface area contributed by atoms with Gasteiger partial charge in [0.2, 0.25) is 0 Å². The van der Waals surface area contributed by atoms with Gasteiger partial charge in [-0.3, -0.25) is 14.5 Å². The van der Waals surface area contributed by atoms with Crippen LogP contribution < -0.4 is 5.32 Å². The monoisotopic (exact) mass is 1090 g/mol. The van der Waals surface area contributed by atoms with E-state index in [9.17, 15) is 24.9 Å². The lowest BCUT2D eigenvalue weighted by atomic mass is 9.85. The second-order valence-corrected chi connectivity index (χ2v) is 21.3. The van der Waals surface area contributed by atoms with Gasteiger partial charge < -0.3 is 59.1 Å². The molecule has 2 heterocycles. The number of aliphatic hydroxyl groups excluding tert-OH is 3. The van der Waals surface area contributed by atoms with Gasteiger partial charge in [-0.1, -0.05) is 106 Å². The summed E-state index contributed by atoms with van der Waals surface area (Å²) in [4.78, 5) is 31.1. The molecule has 2 saturated heterocycles. The molecule has 15 nitrogen and oxygen atoms in total. The fraction of sp³-hybridized carbons (Fsp3) is 0.847. The normalized spacial score (nSPS) is 24.5. The number of rotatable bonds is 30. The van der Waals surface area contributed by atoms with Crippen LogP contribution in [0.25, 0.3) is 0 Å². The van der Waals surface area contributed by atoms with Crippen LogP contribution in [0.5, 0.6) is 0 Å². The summed E-state index contributed by atoms with van der Waals surface area (Å²) < 4.78 is 37.0. The van der Waals surface area contributed by atoms with Crippen molar-refractivity contribution >= 4 is 29.3 Å². The van der Waals surface area contributed by atoms with Gasteiger partial charge in [0.25, 0.3) is 0 Å². The fourth-order valence-electron chi connectivity index (χ4n) is 10.1. The minimum Gasteiger partial charge on any atom is -0.466 e. The fourth-order valence-corrected chi connectivity index (χ4v) is 10.4. The lowest BCUT2D eigenvalue weighted by Crippen LogP contribution is -2.60. The van der Waals surface area contributed by atoms with Gasteiger partial charge in [0.05, 0.1) is 49.5 Å². The maximum Gasteiger partial charge on any atom is 0.311 e. The predicted molar refractivity (Wildman–Crippen MR) is 306 cm³/mol. The molecular formula is C59H111N3O12S. The standard InChI is InChI=1S/C54H95N3O11S.2C2H6.CH4O/c1-14-22-35(4)34-57(29-21-28-56(30-26-46(58)63-16-3)53(69)55-27-20-25-44-23-18-17-19-24-44)41(10)51(60)54(13,62)45(15-2)67-52(61)40(9)50(68-48-33-37(6)49(59)43(12)66-48)39(8)42(11)65-47-32-36(5)31-38(7)64-47;3*1-2/h17-19,23-24,35-43,45,47-51,59-60,62H,14-16,20-22,25-34H2,1-13H3,(H,55,69);2*1-2H3;2H,1H3/t35-,36?,37?,38?,39-,40?,41?,42+,43?,45-,47?,48+,49-,50+,51?,54-;;;/m1.../s1. The quantitative estimate of drug-likeness (QED) is 0.0278. The van der Waals surface area contributed by atoms with Crippen LogP contribution in [0.4, 0.5) is 0 Å². The molecule has 0 spiro atoms. The van der Waals surface area contributed by atoms with E-state index in [2.05, 4.69) is 50.0 Å². The molecule has 3 rings (SSSR count). The maximum atomic E-state index is 14.4. The topological polar surface area (TPSA) is 189 Å². The van der Waals surface area contributed by atoms with Crippen molar-refractivity contribution in [2.24, 2.45) is 29.6 Å². The molecular weight excluding hydrogens is 975 g/mol. The van der Waals surface area contributed by atoms with Crippen molar-refractivity contribution in [3.8, 4) is 0 Å². The third kappa shape index (κ3) is 25.9. The van der Waals surface area contributed by atoms with E-state index in [1.807, 2.05) is 92.3 Å². The molecule has 2 aliphatic rings. The van der Waals surface area contributed by atoms with Gasteiger partial charge in [-0.15, -0.1) is 0 Å². The average Bonchev–Trinajstić information content (AvgIpc) is 3.39. The number of carbonyl (C=O) groups is 2. The van der Waals surface area contributed by atoms with E-state index in [4.69, 9.17) is 45.7 Å². The van der Waals surface area contributed by atoms with Crippen LogP contribution in [0.15, 0.2) is 30.3 Å². The number of hydrogen-bond acceptors (Lipinski definition) is 14. The molecule has 0 amide bonds. The Hall–Kier alpha value is -2.51. The highest BCUT2D eigenvalue weighted by Crippen LogP contribution is 2.34. The SMILES string of the molecule is CC.CC.CCC[C@@H](C)CN(CCCN(CCC(=O)OCC)C(=S)NCCCc1ccccc1)C(C)C(O)[C@](C)(O)[C@@H](CC)OC(=O)C(C)[C@@H](O[C@H]1CC(C)[C@@H](O)C(C)O1)[C@H](C)[C@H](C)OC1CC(C)CC(C)O1.CO. The number of nitrogens with zero attached hydrogens (tertiary/aromatic N) is 2. The molecule has 16 heteroatoms. The van der Waals surface area contributed by atoms with E-state index in [1.165, 1.54) is 5.56 Å². The summed E-state index contributed by atoms with van der Waals surface area (Å²) in [7, 11) is 1.00. The van der Waals surface area contributed by atoms with E-state index < -0.39 is 60.3 Å². The number of thiocarbonyl (C=S) groups is 1. The number of aliphatic hydroxyl groups is 4.